The first-order valence-corrected chi connectivity index (χ1v) is 5.66. The Morgan fingerprint density at radius 2 is 1.93 bits per heavy atom. The van der Waals surface area contributed by atoms with Crippen molar-refractivity contribution in [3.05, 3.63) is 42.0 Å². The smallest absolute Gasteiger partial charge is 0.0506 e. The lowest BCUT2D eigenvalue weighted by molar-refractivity contribution is 0.134. The van der Waals surface area contributed by atoms with Crippen LogP contribution in [0, 0.1) is 0 Å². The Morgan fingerprint density at radius 1 is 1.20 bits per heavy atom. The van der Waals surface area contributed by atoms with Gasteiger partial charge in [0.25, 0.3) is 0 Å². The Labute approximate surface area is 92.8 Å². The fourth-order valence-electron chi connectivity index (χ4n) is 1.36. The van der Waals surface area contributed by atoms with E-state index in [-0.39, 0.29) is 0 Å². The van der Waals surface area contributed by atoms with Crippen molar-refractivity contribution in [1.29, 1.82) is 0 Å². The summed E-state index contributed by atoms with van der Waals surface area (Å²) in [5, 5.41) is 0. The highest BCUT2D eigenvalue weighted by Gasteiger charge is 1.93. The molecule has 1 aromatic carbocycles. The first-order chi connectivity index (χ1) is 7.36. The van der Waals surface area contributed by atoms with Crippen LogP contribution in [0.3, 0.4) is 0 Å². The minimum Gasteiger partial charge on any atom is -0.381 e. The standard InChI is InChI=1S/C14H20O/c1-3-5-11-15-12-10-14-8-6-13(4-2)7-9-14/h4,6-9H,2-3,5,10-12H2,1H3. The summed E-state index contributed by atoms with van der Waals surface area (Å²) in [6.07, 6.45) is 5.23. The van der Waals surface area contributed by atoms with Crippen LogP contribution in [0.25, 0.3) is 6.08 Å². The van der Waals surface area contributed by atoms with Gasteiger partial charge < -0.3 is 4.74 Å². The van der Waals surface area contributed by atoms with Crippen molar-refractivity contribution in [2.75, 3.05) is 13.2 Å². The maximum Gasteiger partial charge on any atom is 0.0506 e. The Kier molecular flexibility index (Phi) is 5.79. The fourth-order valence-corrected chi connectivity index (χ4v) is 1.36. The van der Waals surface area contributed by atoms with Gasteiger partial charge >= 0.3 is 0 Å². The number of hydrogen-bond donors (Lipinski definition) is 0. The summed E-state index contributed by atoms with van der Waals surface area (Å²) in [6, 6.07) is 8.46. The van der Waals surface area contributed by atoms with Crippen molar-refractivity contribution in [3.8, 4) is 0 Å². The SMILES string of the molecule is C=Cc1ccc(CCOCCCC)cc1. The lowest BCUT2D eigenvalue weighted by Gasteiger charge is -2.03. The Morgan fingerprint density at radius 3 is 2.53 bits per heavy atom. The summed E-state index contributed by atoms with van der Waals surface area (Å²) in [7, 11) is 0. The van der Waals surface area contributed by atoms with Crippen LogP contribution in [0.5, 0.6) is 0 Å². The molecule has 0 aliphatic heterocycles. The van der Waals surface area contributed by atoms with Gasteiger partial charge in [0.2, 0.25) is 0 Å². The Hall–Kier alpha value is -1.08. The van der Waals surface area contributed by atoms with Crippen LogP contribution >= 0.6 is 0 Å². The predicted octanol–water partition coefficient (Wildman–Crippen LogP) is 3.69. The molecule has 0 amide bonds. The van der Waals surface area contributed by atoms with Crippen molar-refractivity contribution in [1.82, 2.24) is 0 Å². The molecule has 1 aromatic rings. The van der Waals surface area contributed by atoms with E-state index in [0.717, 1.165) is 26.1 Å². The molecule has 0 saturated heterocycles. The summed E-state index contributed by atoms with van der Waals surface area (Å²) in [4.78, 5) is 0. The average Bonchev–Trinajstić information content (AvgIpc) is 2.30. The van der Waals surface area contributed by atoms with Crippen LogP contribution in [0.1, 0.15) is 30.9 Å². The second kappa shape index (κ2) is 7.24. The maximum absolute atomic E-state index is 5.51. The molecule has 0 bridgehead atoms. The van der Waals surface area contributed by atoms with Crippen molar-refractivity contribution in [2.45, 2.75) is 26.2 Å². The van der Waals surface area contributed by atoms with E-state index < -0.39 is 0 Å². The fraction of sp³-hybridized carbons (Fsp3) is 0.429. The number of hydrogen-bond acceptors (Lipinski definition) is 1. The zero-order valence-corrected chi connectivity index (χ0v) is 9.54. The molecule has 1 heteroatoms. The molecule has 0 spiro atoms. The van der Waals surface area contributed by atoms with Crippen molar-refractivity contribution >= 4 is 6.08 Å². The number of unbranched alkanes of at least 4 members (excludes halogenated alkanes) is 1. The normalized spacial score (nSPS) is 10.2. The number of ether oxygens (including phenoxy) is 1. The second-order valence-corrected chi connectivity index (χ2v) is 3.66. The van der Waals surface area contributed by atoms with E-state index in [1.165, 1.54) is 17.5 Å². The van der Waals surface area contributed by atoms with Gasteiger partial charge in [-0.05, 0) is 24.0 Å². The van der Waals surface area contributed by atoms with E-state index in [2.05, 4.69) is 37.8 Å². The van der Waals surface area contributed by atoms with E-state index in [1.807, 2.05) is 6.08 Å². The minimum atomic E-state index is 0.827. The van der Waals surface area contributed by atoms with Crippen LogP contribution in [-0.2, 0) is 11.2 Å². The Balaban J connectivity index is 2.22. The Bertz CT molecular complexity index is 274. The zero-order chi connectivity index (χ0) is 10.9. The van der Waals surface area contributed by atoms with Gasteiger partial charge in [0.15, 0.2) is 0 Å². The topological polar surface area (TPSA) is 9.23 Å². The summed E-state index contributed by atoms with van der Waals surface area (Å²) in [5.41, 5.74) is 2.50. The largest absolute Gasteiger partial charge is 0.381 e. The quantitative estimate of drug-likeness (QED) is 0.615. The third-order valence-corrected chi connectivity index (χ3v) is 2.39. The van der Waals surface area contributed by atoms with Gasteiger partial charge in [0, 0.05) is 6.61 Å². The van der Waals surface area contributed by atoms with Crippen molar-refractivity contribution < 1.29 is 4.74 Å². The second-order valence-electron chi connectivity index (χ2n) is 3.66. The van der Waals surface area contributed by atoms with E-state index >= 15 is 0 Å². The first kappa shape index (κ1) is 12.0. The molecule has 0 saturated carbocycles. The lowest BCUT2D eigenvalue weighted by atomic mass is 10.1. The molecule has 0 fully saturated rings. The summed E-state index contributed by atoms with van der Waals surface area (Å²) in [6.45, 7) is 7.63. The maximum atomic E-state index is 5.51. The monoisotopic (exact) mass is 204 g/mol. The van der Waals surface area contributed by atoms with Gasteiger partial charge in [-0.25, -0.2) is 0 Å². The molecule has 0 unspecified atom stereocenters. The van der Waals surface area contributed by atoms with Gasteiger partial charge in [-0.3, -0.25) is 0 Å². The van der Waals surface area contributed by atoms with Crippen LogP contribution in [0.15, 0.2) is 30.8 Å². The first-order valence-electron chi connectivity index (χ1n) is 5.66. The van der Waals surface area contributed by atoms with Crippen LogP contribution in [0.4, 0.5) is 0 Å². The van der Waals surface area contributed by atoms with E-state index in [1.54, 1.807) is 0 Å². The molecule has 1 rings (SSSR count). The lowest BCUT2D eigenvalue weighted by Crippen LogP contribution is -1.99. The highest BCUT2D eigenvalue weighted by atomic mass is 16.5. The molecule has 15 heavy (non-hydrogen) atoms. The highest BCUT2D eigenvalue weighted by Crippen LogP contribution is 2.06. The van der Waals surface area contributed by atoms with Crippen LogP contribution < -0.4 is 0 Å². The third-order valence-electron chi connectivity index (χ3n) is 2.39. The zero-order valence-electron chi connectivity index (χ0n) is 9.54. The van der Waals surface area contributed by atoms with E-state index in [0.29, 0.717) is 0 Å². The van der Waals surface area contributed by atoms with Gasteiger partial charge in [-0.1, -0.05) is 50.3 Å². The number of rotatable bonds is 7. The number of benzene rings is 1. The van der Waals surface area contributed by atoms with Gasteiger partial charge in [0.1, 0.15) is 0 Å². The summed E-state index contributed by atoms with van der Waals surface area (Å²) >= 11 is 0. The van der Waals surface area contributed by atoms with E-state index in [4.69, 9.17) is 4.74 Å². The van der Waals surface area contributed by atoms with Crippen LogP contribution in [0.2, 0.25) is 0 Å². The molecule has 0 N–H and O–H groups in total. The van der Waals surface area contributed by atoms with Crippen LogP contribution in [-0.4, -0.2) is 13.2 Å². The van der Waals surface area contributed by atoms with Gasteiger partial charge in [0.05, 0.1) is 6.61 Å². The van der Waals surface area contributed by atoms with Gasteiger partial charge in [-0.15, -0.1) is 0 Å². The molecule has 1 nitrogen and oxygen atoms in total. The highest BCUT2D eigenvalue weighted by molar-refractivity contribution is 5.47. The molecule has 0 aromatic heterocycles. The van der Waals surface area contributed by atoms with Crippen molar-refractivity contribution in [2.24, 2.45) is 0 Å². The molecule has 0 atom stereocenters. The average molecular weight is 204 g/mol. The predicted molar refractivity (Wildman–Crippen MR) is 66.0 cm³/mol. The third kappa shape index (κ3) is 4.80. The molecule has 0 aliphatic rings. The summed E-state index contributed by atoms with van der Waals surface area (Å²) in [5.74, 6) is 0. The molecular weight excluding hydrogens is 184 g/mol. The van der Waals surface area contributed by atoms with E-state index in [9.17, 15) is 0 Å². The molecule has 0 aliphatic carbocycles. The van der Waals surface area contributed by atoms with Crippen molar-refractivity contribution in [3.63, 3.8) is 0 Å². The molecule has 82 valence electrons. The minimum absolute atomic E-state index is 0.827. The molecule has 0 radical (unpaired) electrons. The molecule has 0 heterocycles. The van der Waals surface area contributed by atoms with Gasteiger partial charge in [-0.2, -0.15) is 0 Å². The summed E-state index contributed by atoms with van der Waals surface area (Å²) < 4.78 is 5.51. The molecular formula is C14H20O.